The summed E-state index contributed by atoms with van der Waals surface area (Å²) in [5.41, 5.74) is 2.22. The second-order valence-electron chi connectivity index (χ2n) is 5.67. The lowest BCUT2D eigenvalue weighted by Gasteiger charge is -2.26. The van der Waals surface area contributed by atoms with Crippen molar-refractivity contribution in [2.24, 2.45) is 0 Å². The van der Waals surface area contributed by atoms with Crippen molar-refractivity contribution in [1.29, 1.82) is 0 Å². The molecule has 0 aromatic heterocycles. The minimum atomic E-state index is 0.222. The van der Waals surface area contributed by atoms with Crippen LogP contribution in [0.2, 0.25) is 0 Å². The van der Waals surface area contributed by atoms with Gasteiger partial charge in [-0.25, -0.2) is 0 Å². The molecule has 1 aromatic carbocycles. The molecule has 3 heteroatoms. The van der Waals surface area contributed by atoms with Gasteiger partial charge in [-0.2, -0.15) is 0 Å². The van der Waals surface area contributed by atoms with E-state index in [-0.39, 0.29) is 5.91 Å². The van der Waals surface area contributed by atoms with Crippen LogP contribution in [0.25, 0.3) is 0 Å². The van der Waals surface area contributed by atoms with Crippen LogP contribution in [0.15, 0.2) is 24.3 Å². The molecule has 0 aliphatic carbocycles. The van der Waals surface area contributed by atoms with Gasteiger partial charge in [0.25, 0.3) is 0 Å². The maximum absolute atomic E-state index is 12.6. The summed E-state index contributed by atoms with van der Waals surface area (Å²) in [7, 11) is 0. The van der Waals surface area contributed by atoms with E-state index in [4.69, 9.17) is 0 Å². The van der Waals surface area contributed by atoms with Crippen molar-refractivity contribution in [3.05, 3.63) is 29.8 Å². The van der Waals surface area contributed by atoms with Crippen LogP contribution >= 0.6 is 0 Å². The Labute approximate surface area is 122 Å². The summed E-state index contributed by atoms with van der Waals surface area (Å²) in [6.07, 6.45) is 5.06. The molecule has 0 spiro atoms. The first-order valence-corrected chi connectivity index (χ1v) is 7.80. The SMILES string of the molecule is CCN(C(=O)CN1CCCCCC1)c1cccc(C)c1. The van der Waals surface area contributed by atoms with E-state index in [1.807, 2.05) is 24.0 Å². The van der Waals surface area contributed by atoms with E-state index in [2.05, 4.69) is 24.0 Å². The Kier molecular flexibility index (Phi) is 5.60. The van der Waals surface area contributed by atoms with Crippen LogP contribution < -0.4 is 4.90 Å². The number of benzene rings is 1. The fraction of sp³-hybridized carbons (Fsp3) is 0.588. The Balaban J connectivity index is 2.01. The summed E-state index contributed by atoms with van der Waals surface area (Å²) >= 11 is 0. The molecule has 1 aliphatic rings. The zero-order valence-corrected chi connectivity index (χ0v) is 12.8. The Morgan fingerprint density at radius 2 is 1.90 bits per heavy atom. The molecule has 0 atom stereocenters. The largest absolute Gasteiger partial charge is 0.312 e. The first-order chi connectivity index (χ1) is 9.70. The summed E-state index contributed by atoms with van der Waals surface area (Å²) in [6, 6.07) is 8.20. The van der Waals surface area contributed by atoms with E-state index >= 15 is 0 Å². The molecule has 1 saturated heterocycles. The van der Waals surface area contributed by atoms with Crippen molar-refractivity contribution >= 4 is 11.6 Å². The molecule has 0 N–H and O–H groups in total. The third-order valence-electron chi connectivity index (χ3n) is 3.99. The third-order valence-corrected chi connectivity index (χ3v) is 3.99. The molecule has 20 heavy (non-hydrogen) atoms. The van der Waals surface area contributed by atoms with Gasteiger partial charge in [-0.3, -0.25) is 9.69 Å². The number of hydrogen-bond donors (Lipinski definition) is 0. The van der Waals surface area contributed by atoms with Gasteiger partial charge in [-0.1, -0.05) is 25.0 Å². The predicted molar refractivity (Wildman–Crippen MR) is 84.1 cm³/mol. The van der Waals surface area contributed by atoms with Crippen LogP contribution in [-0.2, 0) is 4.79 Å². The van der Waals surface area contributed by atoms with Gasteiger partial charge in [0.05, 0.1) is 6.54 Å². The molecule has 1 aromatic rings. The average molecular weight is 274 g/mol. The van der Waals surface area contributed by atoms with E-state index in [0.717, 1.165) is 25.3 Å². The lowest BCUT2D eigenvalue weighted by molar-refractivity contribution is -0.119. The third kappa shape index (κ3) is 4.07. The predicted octanol–water partition coefficient (Wildman–Crippen LogP) is 3.22. The molecule has 0 unspecified atom stereocenters. The number of carbonyl (C=O) groups excluding carboxylic acids is 1. The molecular formula is C17H26N2O. The number of carbonyl (C=O) groups is 1. The molecule has 1 fully saturated rings. The molecule has 3 nitrogen and oxygen atoms in total. The summed E-state index contributed by atoms with van der Waals surface area (Å²) in [4.78, 5) is 16.8. The number of nitrogens with zero attached hydrogens (tertiary/aromatic N) is 2. The number of anilines is 1. The van der Waals surface area contributed by atoms with Gasteiger partial charge in [-0.05, 0) is 57.5 Å². The summed E-state index contributed by atoms with van der Waals surface area (Å²) in [5.74, 6) is 0.222. The van der Waals surface area contributed by atoms with Crippen LogP contribution in [0.4, 0.5) is 5.69 Å². The fourth-order valence-electron chi connectivity index (χ4n) is 2.87. The summed E-state index contributed by atoms with van der Waals surface area (Å²) in [6.45, 7) is 7.53. The van der Waals surface area contributed by atoms with Crippen molar-refractivity contribution in [3.63, 3.8) is 0 Å². The molecule has 110 valence electrons. The number of hydrogen-bond acceptors (Lipinski definition) is 2. The van der Waals surface area contributed by atoms with Crippen molar-refractivity contribution in [2.45, 2.75) is 39.5 Å². The van der Waals surface area contributed by atoms with E-state index in [0.29, 0.717) is 6.54 Å². The minimum Gasteiger partial charge on any atom is -0.312 e. The first kappa shape index (κ1) is 15.0. The quantitative estimate of drug-likeness (QED) is 0.841. The Morgan fingerprint density at radius 1 is 1.20 bits per heavy atom. The average Bonchev–Trinajstić information content (AvgIpc) is 2.68. The van der Waals surface area contributed by atoms with Crippen molar-refractivity contribution in [3.8, 4) is 0 Å². The second kappa shape index (κ2) is 7.44. The van der Waals surface area contributed by atoms with Gasteiger partial charge < -0.3 is 4.90 Å². The van der Waals surface area contributed by atoms with Gasteiger partial charge in [0.15, 0.2) is 0 Å². The molecule has 1 aliphatic heterocycles. The zero-order chi connectivity index (χ0) is 14.4. The first-order valence-electron chi connectivity index (χ1n) is 7.80. The number of likely N-dealkylation sites (N-methyl/N-ethyl adjacent to an activating group) is 1. The monoisotopic (exact) mass is 274 g/mol. The molecule has 0 saturated carbocycles. The smallest absolute Gasteiger partial charge is 0.241 e. The number of likely N-dealkylation sites (tertiary alicyclic amines) is 1. The van der Waals surface area contributed by atoms with Crippen molar-refractivity contribution in [1.82, 2.24) is 4.90 Å². The maximum Gasteiger partial charge on any atom is 0.241 e. The fourth-order valence-corrected chi connectivity index (χ4v) is 2.87. The Bertz CT molecular complexity index is 436. The summed E-state index contributed by atoms with van der Waals surface area (Å²) in [5, 5.41) is 0. The minimum absolute atomic E-state index is 0.222. The van der Waals surface area contributed by atoms with Crippen molar-refractivity contribution < 1.29 is 4.79 Å². The van der Waals surface area contributed by atoms with E-state index in [1.165, 1.54) is 31.2 Å². The van der Waals surface area contributed by atoms with Gasteiger partial charge in [0, 0.05) is 12.2 Å². The number of amides is 1. The van der Waals surface area contributed by atoms with Crippen LogP contribution in [0, 0.1) is 6.92 Å². The van der Waals surface area contributed by atoms with Gasteiger partial charge in [-0.15, -0.1) is 0 Å². The highest BCUT2D eigenvalue weighted by atomic mass is 16.2. The Morgan fingerprint density at radius 3 is 2.50 bits per heavy atom. The normalized spacial score (nSPS) is 16.7. The summed E-state index contributed by atoms with van der Waals surface area (Å²) < 4.78 is 0. The lowest BCUT2D eigenvalue weighted by atomic mass is 10.2. The van der Waals surface area contributed by atoms with Crippen LogP contribution in [-0.4, -0.2) is 37.0 Å². The zero-order valence-electron chi connectivity index (χ0n) is 12.8. The Hall–Kier alpha value is -1.35. The molecule has 0 bridgehead atoms. The second-order valence-corrected chi connectivity index (χ2v) is 5.67. The van der Waals surface area contributed by atoms with Crippen LogP contribution in [0.3, 0.4) is 0 Å². The number of rotatable bonds is 4. The van der Waals surface area contributed by atoms with Crippen LogP contribution in [0.5, 0.6) is 0 Å². The molecule has 0 radical (unpaired) electrons. The molecular weight excluding hydrogens is 248 g/mol. The van der Waals surface area contributed by atoms with Crippen molar-refractivity contribution in [2.75, 3.05) is 31.1 Å². The van der Waals surface area contributed by atoms with Crippen LogP contribution in [0.1, 0.15) is 38.2 Å². The van der Waals surface area contributed by atoms with Gasteiger partial charge in [0.2, 0.25) is 5.91 Å². The van der Waals surface area contributed by atoms with Gasteiger partial charge >= 0.3 is 0 Å². The molecule has 1 heterocycles. The van der Waals surface area contributed by atoms with E-state index in [9.17, 15) is 4.79 Å². The highest BCUT2D eigenvalue weighted by molar-refractivity contribution is 5.94. The highest BCUT2D eigenvalue weighted by Crippen LogP contribution is 2.17. The van der Waals surface area contributed by atoms with E-state index < -0.39 is 0 Å². The molecule has 2 rings (SSSR count). The lowest BCUT2D eigenvalue weighted by Crippen LogP contribution is -2.40. The van der Waals surface area contributed by atoms with Gasteiger partial charge in [0.1, 0.15) is 0 Å². The number of aryl methyl sites for hydroxylation is 1. The standard InChI is InChI=1S/C17H26N2O/c1-3-19(16-10-8-9-15(2)13-16)17(20)14-18-11-6-4-5-7-12-18/h8-10,13H,3-7,11-12,14H2,1-2H3. The molecule has 1 amide bonds. The topological polar surface area (TPSA) is 23.6 Å². The van der Waals surface area contributed by atoms with E-state index in [1.54, 1.807) is 0 Å². The maximum atomic E-state index is 12.6. The highest BCUT2D eigenvalue weighted by Gasteiger charge is 2.18.